The SMILES string of the molecule is FC(F)(F)c1cc(NC(=S)C(=S)NCc2ccco2)cc(C(F)(F)F)c1. The molecule has 3 nitrogen and oxygen atoms in total. The van der Waals surface area contributed by atoms with E-state index < -0.39 is 29.2 Å². The summed E-state index contributed by atoms with van der Waals surface area (Å²) in [6, 6.07) is 4.36. The predicted octanol–water partition coefficient (Wildman–Crippen LogP) is 5.17. The zero-order valence-electron chi connectivity index (χ0n) is 12.7. The first-order valence-electron chi connectivity index (χ1n) is 6.88. The zero-order chi connectivity index (χ0) is 19.5. The summed E-state index contributed by atoms with van der Waals surface area (Å²) in [6.45, 7) is 0.157. The number of nitrogens with one attached hydrogen (secondary N) is 2. The third-order valence-electron chi connectivity index (χ3n) is 3.06. The van der Waals surface area contributed by atoms with Crippen LogP contribution in [-0.2, 0) is 18.9 Å². The highest BCUT2D eigenvalue weighted by atomic mass is 32.1. The maximum Gasteiger partial charge on any atom is 0.416 e. The van der Waals surface area contributed by atoms with Gasteiger partial charge in [0.15, 0.2) is 0 Å². The van der Waals surface area contributed by atoms with E-state index in [1.54, 1.807) is 12.1 Å². The zero-order valence-corrected chi connectivity index (χ0v) is 14.3. The van der Waals surface area contributed by atoms with Gasteiger partial charge in [0.25, 0.3) is 0 Å². The van der Waals surface area contributed by atoms with Crippen LogP contribution < -0.4 is 10.6 Å². The Bertz CT molecular complexity index is 767. The third-order valence-corrected chi connectivity index (χ3v) is 3.84. The van der Waals surface area contributed by atoms with Gasteiger partial charge in [-0.05, 0) is 30.3 Å². The summed E-state index contributed by atoms with van der Waals surface area (Å²) in [7, 11) is 0. The second-order valence-electron chi connectivity index (χ2n) is 5.01. The first-order chi connectivity index (χ1) is 12.0. The van der Waals surface area contributed by atoms with E-state index in [1.807, 2.05) is 0 Å². The number of benzene rings is 1. The molecule has 140 valence electrons. The highest BCUT2D eigenvalue weighted by Gasteiger charge is 2.37. The van der Waals surface area contributed by atoms with Gasteiger partial charge in [-0.1, -0.05) is 24.4 Å². The molecule has 0 aliphatic rings. The van der Waals surface area contributed by atoms with Crippen LogP contribution in [0.25, 0.3) is 0 Å². The lowest BCUT2D eigenvalue weighted by Crippen LogP contribution is -2.32. The van der Waals surface area contributed by atoms with E-state index in [9.17, 15) is 26.3 Å². The molecule has 0 saturated carbocycles. The molecule has 2 aromatic rings. The standard InChI is InChI=1S/C15H10F6N2OS2/c16-14(17,18)8-4-9(15(19,20)21)6-10(5-8)23-13(26)12(25)22-7-11-2-1-3-24-11/h1-6H,7H2,(H,22,25)(H,23,26). The van der Waals surface area contributed by atoms with Gasteiger partial charge < -0.3 is 15.1 Å². The highest BCUT2D eigenvalue weighted by molar-refractivity contribution is 7.89. The lowest BCUT2D eigenvalue weighted by Gasteiger charge is -2.16. The molecule has 11 heteroatoms. The van der Waals surface area contributed by atoms with E-state index in [0.29, 0.717) is 17.9 Å². The van der Waals surface area contributed by atoms with Gasteiger partial charge in [-0.25, -0.2) is 0 Å². The summed E-state index contributed by atoms with van der Waals surface area (Å²) in [6.07, 6.45) is -8.47. The molecule has 0 atom stereocenters. The molecule has 26 heavy (non-hydrogen) atoms. The van der Waals surface area contributed by atoms with Crippen molar-refractivity contribution in [2.24, 2.45) is 0 Å². The van der Waals surface area contributed by atoms with Crippen molar-refractivity contribution in [3.63, 3.8) is 0 Å². The van der Waals surface area contributed by atoms with Gasteiger partial charge in [0, 0.05) is 5.69 Å². The number of halogens is 6. The van der Waals surface area contributed by atoms with Crippen molar-refractivity contribution in [3.05, 3.63) is 53.5 Å². The van der Waals surface area contributed by atoms with Crippen LogP contribution in [0.5, 0.6) is 0 Å². The monoisotopic (exact) mass is 412 g/mol. The molecular weight excluding hydrogens is 402 g/mol. The minimum atomic E-state index is -4.95. The van der Waals surface area contributed by atoms with Crippen molar-refractivity contribution in [2.45, 2.75) is 18.9 Å². The Kier molecular flexibility index (Phi) is 5.91. The molecule has 1 aromatic carbocycles. The number of anilines is 1. The fourth-order valence-corrected chi connectivity index (χ4v) is 2.19. The topological polar surface area (TPSA) is 37.2 Å². The molecule has 0 amide bonds. The van der Waals surface area contributed by atoms with Crippen LogP contribution in [0.1, 0.15) is 16.9 Å². The molecular formula is C15H10F6N2OS2. The lowest BCUT2D eigenvalue weighted by atomic mass is 10.1. The summed E-state index contributed by atoms with van der Waals surface area (Å²) in [5.74, 6) is 0.522. The molecule has 0 unspecified atom stereocenters. The van der Waals surface area contributed by atoms with Crippen LogP contribution in [0.4, 0.5) is 32.0 Å². The van der Waals surface area contributed by atoms with E-state index in [2.05, 4.69) is 10.6 Å². The Balaban J connectivity index is 2.16. The summed E-state index contributed by atoms with van der Waals surface area (Å²) in [5, 5.41) is 4.98. The fourth-order valence-electron chi connectivity index (χ4n) is 1.88. The first kappa shape index (κ1) is 20.2. The molecule has 0 bridgehead atoms. The van der Waals surface area contributed by atoms with Gasteiger partial charge >= 0.3 is 12.4 Å². The van der Waals surface area contributed by atoms with Crippen LogP contribution in [-0.4, -0.2) is 9.98 Å². The van der Waals surface area contributed by atoms with Gasteiger partial charge in [0.2, 0.25) is 0 Å². The van der Waals surface area contributed by atoms with Gasteiger partial charge in [0.1, 0.15) is 15.7 Å². The Morgan fingerprint density at radius 3 is 1.96 bits per heavy atom. The van der Waals surface area contributed by atoms with Crippen molar-refractivity contribution in [1.82, 2.24) is 5.32 Å². The molecule has 0 spiro atoms. The van der Waals surface area contributed by atoms with Crippen molar-refractivity contribution >= 4 is 40.1 Å². The number of hydrogen-bond acceptors (Lipinski definition) is 3. The maximum atomic E-state index is 12.8. The van der Waals surface area contributed by atoms with Crippen molar-refractivity contribution in [3.8, 4) is 0 Å². The minimum Gasteiger partial charge on any atom is -0.467 e. The molecule has 2 rings (SSSR count). The quantitative estimate of drug-likeness (QED) is 0.537. The van der Waals surface area contributed by atoms with E-state index in [4.69, 9.17) is 28.9 Å². The summed E-state index contributed by atoms with van der Waals surface area (Å²) >= 11 is 9.88. The van der Waals surface area contributed by atoms with Crippen LogP contribution in [0.2, 0.25) is 0 Å². The van der Waals surface area contributed by atoms with Crippen molar-refractivity contribution < 1.29 is 30.8 Å². The number of thiocarbonyl (C=S) groups is 2. The Morgan fingerprint density at radius 2 is 1.50 bits per heavy atom. The Hall–Kier alpha value is -2.14. The normalized spacial score (nSPS) is 11.9. The van der Waals surface area contributed by atoms with E-state index in [1.165, 1.54) is 6.26 Å². The van der Waals surface area contributed by atoms with E-state index in [-0.39, 0.29) is 22.6 Å². The number of hydrogen-bond donors (Lipinski definition) is 2. The first-order valence-corrected chi connectivity index (χ1v) is 7.69. The average molecular weight is 412 g/mol. The molecule has 2 N–H and O–H groups in total. The van der Waals surface area contributed by atoms with Gasteiger partial charge in [0.05, 0.1) is 23.9 Å². The summed E-state index contributed by atoms with van der Waals surface area (Å²) in [4.78, 5) is -0.277. The lowest BCUT2D eigenvalue weighted by molar-refractivity contribution is -0.143. The van der Waals surface area contributed by atoms with Crippen LogP contribution in [0.3, 0.4) is 0 Å². The molecule has 0 aliphatic carbocycles. The summed E-state index contributed by atoms with van der Waals surface area (Å²) in [5.41, 5.74) is -3.38. The minimum absolute atomic E-state index is 0.0295. The largest absolute Gasteiger partial charge is 0.467 e. The van der Waals surface area contributed by atoms with Crippen LogP contribution in [0, 0.1) is 0 Å². The fraction of sp³-hybridized carbons (Fsp3) is 0.200. The Morgan fingerprint density at radius 1 is 0.923 bits per heavy atom. The van der Waals surface area contributed by atoms with Crippen molar-refractivity contribution in [1.29, 1.82) is 0 Å². The van der Waals surface area contributed by atoms with Gasteiger partial charge in [-0.2, -0.15) is 26.3 Å². The summed E-state index contributed by atoms with van der Waals surface area (Å²) < 4.78 is 82.1. The predicted molar refractivity (Wildman–Crippen MR) is 90.8 cm³/mol. The van der Waals surface area contributed by atoms with Gasteiger partial charge in [-0.3, -0.25) is 0 Å². The average Bonchev–Trinajstić information content (AvgIpc) is 3.04. The molecule has 0 radical (unpaired) electrons. The van der Waals surface area contributed by atoms with Crippen LogP contribution in [0.15, 0.2) is 41.0 Å². The third kappa shape index (κ3) is 5.43. The molecule has 1 aromatic heterocycles. The second kappa shape index (κ2) is 7.62. The van der Waals surface area contributed by atoms with Crippen LogP contribution >= 0.6 is 24.4 Å². The molecule has 0 saturated heterocycles. The van der Waals surface area contributed by atoms with E-state index >= 15 is 0 Å². The highest BCUT2D eigenvalue weighted by Crippen LogP contribution is 2.37. The Labute approximate surface area is 154 Å². The molecule has 1 heterocycles. The van der Waals surface area contributed by atoms with E-state index in [0.717, 1.165) is 0 Å². The number of furan rings is 1. The van der Waals surface area contributed by atoms with Crippen molar-refractivity contribution in [2.75, 3.05) is 5.32 Å². The molecule has 0 aliphatic heterocycles. The smallest absolute Gasteiger partial charge is 0.416 e. The maximum absolute atomic E-state index is 12.8. The second-order valence-corrected chi connectivity index (χ2v) is 5.83. The van der Waals surface area contributed by atoms with Gasteiger partial charge in [-0.15, -0.1) is 0 Å². The number of rotatable bonds is 3. The number of alkyl halides is 6. The molecule has 0 fully saturated rings.